The first kappa shape index (κ1) is 19.8. The van der Waals surface area contributed by atoms with Gasteiger partial charge in [-0.2, -0.15) is 0 Å². The lowest BCUT2D eigenvalue weighted by molar-refractivity contribution is -0.129. The van der Waals surface area contributed by atoms with Crippen LogP contribution in [0.3, 0.4) is 0 Å². The summed E-state index contributed by atoms with van der Waals surface area (Å²) in [5, 5.41) is 0. The maximum absolute atomic E-state index is 13.2. The zero-order valence-electron chi connectivity index (χ0n) is 16.5. The molecule has 5 nitrogen and oxygen atoms in total. The van der Waals surface area contributed by atoms with Crippen molar-refractivity contribution in [1.29, 1.82) is 0 Å². The Morgan fingerprint density at radius 3 is 2.43 bits per heavy atom. The van der Waals surface area contributed by atoms with Gasteiger partial charge in [0.25, 0.3) is 5.91 Å². The Bertz CT molecular complexity index is 892. The largest absolute Gasteiger partial charge is 0.369 e. The maximum atomic E-state index is 13.2. The van der Waals surface area contributed by atoms with Crippen LogP contribution in [-0.2, 0) is 21.5 Å². The molecule has 0 aliphatic carbocycles. The van der Waals surface area contributed by atoms with Gasteiger partial charge in [0.1, 0.15) is 5.78 Å². The van der Waals surface area contributed by atoms with Gasteiger partial charge in [-0.25, -0.2) is 4.99 Å². The van der Waals surface area contributed by atoms with E-state index in [-0.39, 0.29) is 17.6 Å². The highest BCUT2D eigenvalue weighted by Crippen LogP contribution is 2.39. The molecule has 146 valence electrons. The van der Waals surface area contributed by atoms with Crippen LogP contribution in [0.2, 0.25) is 0 Å². The van der Waals surface area contributed by atoms with Gasteiger partial charge in [0.05, 0.1) is 0 Å². The van der Waals surface area contributed by atoms with Gasteiger partial charge in [-0.1, -0.05) is 74.4 Å². The number of rotatable bonds is 8. The first-order valence-electron chi connectivity index (χ1n) is 9.79. The van der Waals surface area contributed by atoms with E-state index in [1.807, 2.05) is 54.6 Å². The monoisotopic (exact) mass is 377 g/mol. The summed E-state index contributed by atoms with van der Waals surface area (Å²) >= 11 is 0. The molecule has 0 bridgehead atoms. The molecule has 2 N–H and O–H groups in total. The van der Waals surface area contributed by atoms with Crippen molar-refractivity contribution >= 4 is 17.6 Å². The molecule has 0 saturated carbocycles. The average molecular weight is 377 g/mol. The number of nitrogens with two attached hydrogens (primary N) is 1. The SMILES string of the molecule is CCCCCC(=O)Cc1cccc(C2(c3ccccc3)N=C(N)N(C)C2=O)c1. The number of likely N-dealkylation sites (N-methyl/N-ethyl adjacent to an activating group) is 1. The quantitative estimate of drug-likeness (QED) is 0.716. The number of amides is 1. The van der Waals surface area contributed by atoms with Crippen molar-refractivity contribution in [1.82, 2.24) is 4.90 Å². The topological polar surface area (TPSA) is 75.8 Å². The molecule has 0 saturated heterocycles. The minimum atomic E-state index is -1.21. The number of carbonyl (C=O) groups excluding carboxylic acids is 2. The van der Waals surface area contributed by atoms with E-state index >= 15 is 0 Å². The Balaban J connectivity index is 1.97. The molecular formula is C23H27N3O2. The van der Waals surface area contributed by atoms with E-state index in [0.717, 1.165) is 36.0 Å². The Kier molecular flexibility index (Phi) is 5.93. The van der Waals surface area contributed by atoms with Crippen molar-refractivity contribution in [3.05, 3.63) is 71.3 Å². The number of carbonyl (C=O) groups is 2. The van der Waals surface area contributed by atoms with Crippen LogP contribution in [0.25, 0.3) is 0 Å². The van der Waals surface area contributed by atoms with Gasteiger partial charge >= 0.3 is 0 Å². The third-order valence-electron chi connectivity index (χ3n) is 5.24. The smallest absolute Gasteiger partial charge is 0.266 e. The van der Waals surface area contributed by atoms with E-state index < -0.39 is 5.54 Å². The fraction of sp³-hybridized carbons (Fsp3) is 0.348. The third-order valence-corrected chi connectivity index (χ3v) is 5.24. The summed E-state index contributed by atoms with van der Waals surface area (Å²) < 4.78 is 0. The van der Waals surface area contributed by atoms with Gasteiger partial charge in [-0.3, -0.25) is 14.5 Å². The van der Waals surface area contributed by atoms with Crippen LogP contribution in [0.1, 0.15) is 49.3 Å². The molecule has 1 atom stereocenters. The first-order chi connectivity index (χ1) is 13.5. The molecule has 1 aliphatic heterocycles. The molecule has 3 rings (SSSR count). The summed E-state index contributed by atoms with van der Waals surface area (Å²) in [6, 6.07) is 17.0. The highest BCUT2D eigenvalue weighted by molar-refractivity contribution is 6.08. The van der Waals surface area contributed by atoms with Crippen LogP contribution >= 0.6 is 0 Å². The second-order valence-electron chi connectivity index (χ2n) is 7.28. The molecule has 1 unspecified atom stereocenters. The number of nitrogens with zero attached hydrogens (tertiary/aromatic N) is 2. The highest BCUT2D eigenvalue weighted by Gasteiger charge is 2.49. The highest BCUT2D eigenvalue weighted by atomic mass is 16.2. The van der Waals surface area contributed by atoms with Crippen molar-refractivity contribution in [2.24, 2.45) is 10.7 Å². The zero-order chi connectivity index (χ0) is 20.1. The van der Waals surface area contributed by atoms with Crippen molar-refractivity contribution in [2.45, 2.75) is 44.6 Å². The molecule has 2 aromatic rings. The van der Waals surface area contributed by atoms with Crippen molar-refractivity contribution in [2.75, 3.05) is 7.05 Å². The van der Waals surface area contributed by atoms with Gasteiger partial charge in [0, 0.05) is 19.9 Å². The van der Waals surface area contributed by atoms with Crippen molar-refractivity contribution < 1.29 is 9.59 Å². The van der Waals surface area contributed by atoms with Crippen LogP contribution < -0.4 is 5.73 Å². The number of hydrogen-bond donors (Lipinski definition) is 1. The van der Waals surface area contributed by atoms with Gasteiger partial charge in [-0.05, 0) is 23.1 Å². The number of hydrogen-bond acceptors (Lipinski definition) is 4. The molecule has 1 amide bonds. The van der Waals surface area contributed by atoms with E-state index in [0.29, 0.717) is 12.8 Å². The number of guanidine groups is 1. The Morgan fingerprint density at radius 1 is 1.07 bits per heavy atom. The lowest BCUT2D eigenvalue weighted by Gasteiger charge is -2.26. The second kappa shape index (κ2) is 8.38. The minimum absolute atomic E-state index is 0.190. The maximum Gasteiger partial charge on any atom is 0.266 e. The lowest BCUT2D eigenvalue weighted by atomic mass is 9.82. The van der Waals surface area contributed by atoms with E-state index in [1.54, 1.807) is 7.05 Å². The molecule has 0 aromatic heterocycles. The fourth-order valence-electron chi connectivity index (χ4n) is 3.66. The molecule has 5 heteroatoms. The number of ketones is 1. The van der Waals surface area contributed by atoms with Crippen molar-refractivity contribution in [3.8, 4) is 0 Å². The normalized spacial score (nSPS) is 19.0. The molecule has 28 heavy (non-hydrogen) atoms. The van der Waals surface area contributed by atoms with Crippen LogP contribution in [0.15, 0.2) is 59.6 Å². The Labute approximate surface area is 166 Å². The second-order valence-corrected chi connectivity index (χ2v) is 7.28. The van der Waals surface area contributed by atoms with E-state index in [1.165, 1.54) is 4.90 Å². The van der Waals surface area contributed by atoms with Gasteiger partial charge in [0.2, 0.25) is 0 Å². The predicted molar refractivity (Wildman–Crippen MR) is 111 cm³/mol. The summed E-state index contributed by atoms with van der Waals surface area (Å²) in [5.74, 6) is 0.217. The van der Waals surface area contributed by atoms with Crippen LogP contribution in [0.4, 0.5) is 0 Å². The molecule has 0 fully saturated rings. The van der Waals surface area contributed by atoms with Crippen LogP contribution in [0.5, 0.6) is 0 Å². The Hall–Kier alpha value is -2.95. The standard InChI is InChI=1S/C23H27N3O2/c1-3-4-6-14-20(27)16-17-10-9-13-19(15-17)23(18-11-7-5-8-12-18)21(28)26(2)22(24)25-23/h5,7-13,15H,3-4,6,14,16H2,1-2H3,(H2,24,25). The number of Topliss-reactive ketones (excluding diaryl/α,β-unsaturated/α-hetero) is 1. The number of aliphatic imine (C=N–C) groups is 1. The van der Waals surface area contributed by atoms with E-state index in [2.05, 4.69) is 11.9 Å². The Morgan fingerprint density at radius 2 is 1.79 bits per heavy atom. The van der Waals surface area contributed by atoms with Crippen molar-refractivity contribution in [3.63, 3.8) is 0 Å². The summed E-state index contributed by atoms with van der Waals surface area (Å²) in [6.07, 6.45) is 4.04. The number of benzene rings is 2. The molecular weight excluding hydrogens is 350 g/mol. The molecule has 2 aromatic carbocycles. The van der Waals surface area contributed by atoms with Gasteiger partial charge < -0.3 is 5.73 Å². The summed E-state index contributed by atoms with van der Waals surface area (Å²) in [5.41, 5.74) is 7.19. The lowest BCUT2D eigenvalue weighted by Crippen LogP contribution is -2.41. The molecule has 0 radical (unpaired) electrons. The van der Waals surface area contributed by atoms with Gasteiger partial charge in [-0.15, -0.1) is 0 Å². The summed E-state index contributed by atoms with van der Waals surface area (Å²) in [7, 11) is 1.63. The minimum Gasteiger partial charge on any atom is -0.369 e. The molecule has 1 aliphatic rings. The van der Waals surface area contributed by atoms with Crippen LogP contribution in [0, 0.1) is 0 Å². The first-order valence-corrected chi connectivity index (χ1v) is 9.79. The van der Waals surface area contributed by atoms with Gasteiger partial charge in [0.15, 0.2) is 11.5 Å². The zero-order valence-corrected chi connectivity index (χ0v) is 16.5. The summed E-state index contributed by atoms with van der Waals surface area (Å²) in [6.45, 7) is 2.12. The summed E-state index contributed by atoms with van der Waals surface area (Å²) in [4.78, 5) is 31.5. The van der Waals surface area contributed by atoms with E-state index in [9.17, 15) is 9.59 Å². The number of unbranched alkanes of at least 4 members (excludes halogenated alkanes) is 2. The van der Waals surface area contributed by atoms with Crippen LogP contribution in [-0.4, -0.2) is 29.6 Å². The third kappa shape index (κ3) is 3.70. The molecule has 1 heterocycles. The molecule has 0 spiro atoms. The fourth-order valence-corrected chi connectivity index (χ4v) is 3.66. The predicted octanol–water partition coefficient (Wildman–Crippen LogP) is 3.41. The average Bonchev–Trinajstić information content (AvgIpc) is 2.94. The van der Waals surface area contributed by atoms with E-state index in [4.69, 9.17) is 5.73 Å².